The van der Waals surface area contributed by atoms with E-state index in [0.29, 0.717) is 5.92 Å². The molecule has 1 fully saturated rings. The summed E-state index contributed by atoms with van der Waals surface area (Å²) in [6, 6.07) is 0. The number of unbranched alkanes of at least 4 members (excludes halogenated alkanes) is 1. The highest BCUT2D eigenvalue weighted by molar-refractivity contribution is 4.87. The van der Waals surface area contributed by atoms with Crippen LogP contribution in [0.3, 0.4) is 0 Å². The van der Waals surface area contributed by atoms with Gasteiger partial charge >= 0.3 is 0 Å². The van der Waals surface area contributed by atoms with E-state index in [2.05, 4.69) is 6.92 Å². The molecule has 0 spiro atoms. The number of hydrogen-bond donors (Lipinski definition) is 1. The average molecular weight is 156 g/mol. The van der Waals surface area contributed by atoms with Crippen LogP contribution in [0.4, 0.5) is 0 Å². The molecule has 1 aliphatic rings. The Balaban J connectivity index is 2.32. The SMILES string of the molecule is CCCC[C@H]1CCC[C@]1(C)O. The molecule has 0 amide bonds. The Labute approximate surface area is 69.8 Å². The van der Waals surface area contributed by atoms with E-state index in [4.69, 9.17) is 0 Å². The Morgan fingerprint density at radius 3 is 2.73 bits per heavy atom. The predicted octanol–water partition coefficient (Wildman–Crippen LogP) is 2.73. The Morgan fingerprint density at radius 1 is 1.55 bits per heavy atom. The van der Waals surface area contributed by atoms with Crippen LogP contribution < -0.4 is 0 Å². The van der Waals surface area contributed by atoms with Crippen molar-refractivity contribution >= 4 is 0 Å². The molecule has 1 rings (SSSR count). The summed E-state index contributed by atoms with van der Waals surface area (Å²) < 4.78 is 0. The molecule has 1 nitrogen and oxygen atoms in total. The van der Waals surface area contributed by atoms with Gasteiger partial charge < -0.3 is 5.11 Å². The molecule has 0 aromatic carbocycles. The second-order valence-corrected chi connectivity index (χ2v) is 4.09. The number of hydrogen-bond acceptors (Lipinski definition) is 1. The van der Waals surface area contributed by atoms with Crippen LogP contribution in [0.15, 0.2) is 0 Å². The van der Waals surface area contributed by atoms with Crippen molar-refractivity contribution in [1.29, 1.82) is 0 Å². The molecular formula is C10H20O. The van der Waals surface area contributed by atoms with Gasteiger partial charge in [0.15, 0.2) is 0 Å². The molecule has 0 aromatic rings. The van der Waals surface area contributed by atoms with Gasteiger partial charge in [-0.15, -0.1) is 0 Å². The van der Waals surface area contributed by atoms with Crippen LogP contribution in [0.25, 0.3) is 0 Å². The highest BCUT2D eigenvalue weighted by Gasteiger charge is 2.35. The summed E-state index contributed by atoms with van der Waals surface area (Å²) in [7, 11) is 0. The standard InChI is InChI=1S/C10H20O/c1-3-4-6-9-7-5-8-10(9,2)11/h9,11H,3-8H2,1-2H3/t9-,10-/m0/s1. The first-order valence-corrected chi connectivity index (χ1v) is 4.89. The maximum atomic E-state index is 9.88. The van der Waals surface area contributed by atoms with Gasteiger partial charge in [-0.3, -0.25) is 0 Å². The molecule has 1 N–H and O–H groups in total. The predicted molar refractivity (Wildman–Crippen MR) is 47.5 cm³/mol. The van der Waals surface area contributed by atoms with E-state index in [9.17, 15) is 5.11 Å². The number of rotatable bonds is 3. The van der Waals surface area contributed by atoms with Gasteiger partial charge in [-0.1, -0.05) is 26.2 Å². The van der Waals surface area contributed by atoms with Crippen molar-refractivity contribution in [1.82, 2.24) is 0 Å². The second-order valence-electron chi connectivity index (χ2n) is 4.09. The lowest BCUT2D eigenvalue weighted by Gasteiger charge is -2.25. The van der Waals surface area contributed by atoms with Crippen molar-refractivity contribution in [3.8, 4) is 0 Å². The Hall–Kier alpha value is -0.0400. The summed E-state index contributed by atoms with van der Waals surface area (Å²) in [6.07, 6.45) is 7.24. The largest absolute Gasteiger partial charge is 0.390 e. The third kappa shape index (κ3) is 2.19. The van der Waals surface area contributed by atoms with Gasteiger partial charge in [0.1, 0.15) is 0 Å². The van der Waals surface area contributed by atoms with E-state index in [-0.39, 0.29) is 5.60 Å². The third-order valence-corrected chi connectivity index (χ3v) is 3.02. The first-order chi connectivity index (χ1) is 5.17. The quantitative estimate of drug-likeness (QED) is 0.666. The lowest BCUT2D eigenvalue weighted by atomic mass is 9.88. The maximum absolute atomic E-state index is 9.88. The fourth-order valence-corrected chi connectivity index (χ4v) is 2.13. The normalized spacial score (nSPS) is 37.9. The van der Waals surface area contributed by atoms with Gasteiger partial charge in [0, 0.05) is 0 Å². The van der Waals surface area contributed by atoms with E-state index < -0.39 is 0 Å². The molecule has 0 bridgehead atoms. The Morgan fingerprint density at radius 2 is 2.27 bits per heavy atom. The molecule has 1 aliphatic carbocycles. The van der Waals surface area contributed by atoms with E-state index in [1.165, 1.54) is 32.1 Å². The first-order valence-electron chi connectivity index (χ1n) is 4.89. The zero-order valence-electron chi connectivity index (χ0n) is 7.77. The van der Waals surface area contributed by atoms with E-state index in [1.54, 1.807) is 0 Å². The molecule has 2 atom stereocenters. The molecule has 0 radical (unpaired) electrons. The van der Waals surface area contributed by atoms with Crippen molar-refractivity contribution in [3.63, 3.8) is 0 Å². The monoisotopic (exact) mass is 156 g/mol. The minimum atomic E-state index is -0.338. The van der Waals surface area contributed by atoms with E-state index in [0.717, 1.165) is 6.42 Å². The second kappa shape index (κ2) is 3.57. The van der Waals surface area contributed by atoms with Gasteiger partial charge in [-0.05, 0) is 32.1 Å². The smallest absolute Gasteiger partial charge is 0.0647 e. The summed E-state index contributed by atoms with van der Waals surface area (Å²) in [6.45, 7) is 4.21. The average Bonchev–Trinajstić information content (AvgIpc) is 2.25. The molecule has 0 saturated heterocycles. The van der Waals surface area contributed by atoms with Crippen molar-refractivity contribution < 1.29 is 5.11 Å². The summed E-state index contributed by atoms with van der Waals surface area (Å²) in [4.78, 5) is 0. The van der Waals surface area contributed by atoms with Crippen LogP contribution in [0.2, 0.25) is 0 Å². The molecule has 11 heavy (non-hydrogen) atoms. The highest BCUT2D eigenvalue weighted by Crippen LogP contribution is 2.38. The molecule has 0 aromatic heterocycles. The van der Waals surface area contributed by atoms with Crippen molar-refractivity contribution in [2.24, 2.45) is 5.92 Å². The highest BCUT2D eigenvalue weighted by atomic mass is 16.3. The summed E-state index contributed by atoms with van der Waals surface area (Å²) in [5, 5.41) is 9.88. The lowest BCUT2D eigenvalue weighted by molar-refractivity contribution is 0.0172. The van der Waals surface area contributed by atoms with Crippen molar-refractivity contribution in [2.45, 2.75) is 58.0 Å². The molecular weight excluding hydrogens is 136 g/mol. The summed E-state index contributed by atoms with van der Waals surface area (Å²) >= 11 is 0. The fourth-order valence-electron chi connectivity index (χ4n) is 2.13. The first kappa shape index (κ1) is 9.05. The maximum Gasteiger partial charge on any atom is 0.0647 e. The zero-order chi connectivity index (χ0) is 8.32. The molecule has 0 heterocycles. The van der Waals surface area contributed by atoms with Gasteiger partial charge in [0.2, 0.25) is 0 Å². The minimum Gasteiger partial charge on any atom is -0.390 e. The minimum absolute atomic E-state index is 0.338. The molecule has 1 saturated carbocycles. The van der Waals surface area contributed by atoms with Gasteiger partial charge in [-0.25, -0.2) is 0 Å². The van der Waals surface area contributed by atoms with Gasteiger partial charge in [0.05, 0.1) is 5.60 Å². The fraction of sp³-hybridized carbons (Fsp3) is 1.00. The summed E-state index contributed by atoms with van der Waals surface area (Å²) in [5.74, 6) is 0.586. The van der Waals surface area contributed by atoms with E-state index >= 15 is 0 Å². The van der Waals surface area contributed by atoms with Gasteiger partial charge in [-0.2, -0.15) is 0 Å². The van der Waals surface area contributed by atoms with Gasteiger partial charge in [0.25, 0.3) is 0 Å². The topological polar surface area (TPSA) is 20.2 Å². The van der Waals surface area contributed by atoms with Crippen LogP contribution in [-0.2, 0) is 0 Å². The van der Waals surface area contributed by atoms with Crippen molar-refractivity contribution in [2.75, 3.05) is 0 Å². The van der Waals surface area contributed by atoms with Crippen molar-refractivity contribution in [3.05, 3.63) is 0 Å². The van der Waals surface area contributed by atoms with Crippen LogP contribution in [0.5, 0.6) is 0 Å². The zero-order valence-corrected chi connectivity index (χ0v) is 7.77. The number of aliphatic hydroxyl groups is 1. The molecule has 0 unspecified atom stereocenters. The lowest BCUT2D eigenvalue weighted by Crippen LogP contribution is -2.28. The Kier molecular flexibility index (Phi) is 2.94. The molecule has 66 valence electrons. The third-order valence-electron chi connectivity index (χ3n) is 3.02. The molecule has 1 heteroatoms. The summed E-state index contributed by atoms with van der Waals surface area (Å²) in [5.41, 5.74) is -0.338. The van der Waals surface area contributed by atoms with Crippen LogP contribution in [-0.4, -0.2) is 10.7 Å². The van der Waals surface area contributed by atoms with E-state index in [1.807, 2.05) is 6.92 Å². The molecule has 0 aliphatic heterocycles. The Bertz CT molecular complexity index is 118. The van der Waals surface area contributed by atoms with Crippen LogP contribution in [0, 0.1) is 5.92 Å². The van der Waals surface area contributed by atoms with Crippen LogP contribution in [0.1, 0.15) is 52.4 Å². The van der Waals surface area contributed by atoms with Crippen LogP contribution >= 0.6 is 0 Å².